The average Bonchev–Trinajstić information content (AvgIpc) is 2.13. The van der Waals surface area contributed by atoms with Gasteiger partial charge in [-0.3, -0.25) is 0 Å². The van der Waals surface area contributed by atoms with E-state index in [4.69, 9.17) is 62.7 Å². The van der Waals surface area contributed by atoms with Crippen LogP contribution in [0.4, 0.5) is 0 Å². The van der Waals surface area contributed by atoms with Crippen LogP contribution in [-0.4, -0.2) is 40.1 Å². The van der Waals surface area contributed by atoms with Gasteiger partial charge in [0.15, 0.2) is 0 Å². The molecule has 0 aromatic rings. The van der Waals surface area contributed by atoms with E-state index in [9.17, 15) is 0 Å². The lowest BCUT2D eigenvalue weighted by Crippen LogP contribution is -2.55. The topological polar surface area (TPSA) is 9.23 Å². The van der Waals surface area contributed by atoms with Crippen molar-refractivity contribution in [1.29, 1.82) is 0 Å². The summed E-state index contributed by atoms with van der Waals surface area (Å²) in [4.78, 5) is 0. The minimum Gasteiger partial charge on any atom is -0.378 e. The fourth-order valence-electron chi connectivity index (χ4n) is 1.32. The van der Waals surface area contributed by atoms with Crippen molar-refractivity contribution in [1.82, 2.24) is 0 Å². The van der Waals surface area contributed by atoms with Crippen LogP contribution in [0.25, 0.3) is 0 Å². The van der Waals surface area contributed by atoms with Gasteiger partial charge in [0.25, 0.3) is 0 Å². The van der Waals surface area contributed by atoms with Crippen molar-refractivity contribution in [2.75, 3.05) is 7.11 Å². The standard InChI is InChI=1S/C7H9Cl5O/c1-13-7-5(11)3(9)2(8)4(10)6(7)12/h2-7H,1H3/t2?,3-,4-,5+,6+,7?/m0/s1. The quantitative estimate of drug-likeness (QED) is 0.673. The van der Waals surface area contributed by atoms with Crippen LogP contribution in [0.5, 0.6) is 0 Å². The molecular formula is C7H9Cl5O. The van der Waals surface area contributed by atoms with E-state index in [1.165, 1.54) is 7.11 Å². The third-order valence-electron chi connectivity index (χ3n) is 2.12. The van der Waals surface area contributed by atoms with E-state index in [1.807, 2.05) is 0 Å². The molecule has 13 heavy (non-hydrogen) atoms. The van der Waals surface area contributed by atoms with Gasteiger partial charge in [-0.15, -0.1) is 58.0 Å². The number of hydrogen-bond donors (Lipinski definition) is 0. The molecule has 1 nitrogen and oxygen atoms in total. The molecule has 0 heterocycles. The van der Waals surface area contributed by atoms with Gasteiger partial charge < -0.3 is 4.74 Å². The summed E-state index contributed by atoms with van der Waals surface area (Å²) in [6, 6.07) is 0. The van der Waals surface area contributed by atoms with Crippen molar-refractivity contribution in [3.8, 4) is 0 Å². The normalized spacial score (nSPS) is 52.2. The van der Waals surface area contributed by atoms with Gasteiger partial charge in [0.2, 0.25) is 0 Å². The smallest absolute Gasteiger partial charge is 0.0927 e. The first-order valence-electron chi connectivity index (χ1n) is 3.74. The summed E-state index contributed by atoms with van der Waals surface area (Å²) < 4.78 is 5.11. The Hall–Kier alpha value is 1.41. The molecule has 1 aliphatic carbocycles. The molecule has 0 saturated heterocycles. The molecule has 0 N–H and O–H groups in total. The van der Waals surface area contributed by atoms with Crippen LogP contribution in [0, 0.1) is 0 Å². The third-order valence-corrected chi connectivity index (χ3v) is 5.30. The van der Waals surface area contributed by atoms with E-state index in [-0.39, 0.29) is 6.10 Å². The van der Waals surface area contributed by atoms with Gasteiger partial charge in [-0.05, 0) is 0 Å². The van der Waals surface area contributed by atoms with E-state index in [0.717, 1.165) is 0 Å². The van der Waals surface area contributed by atoms with Crippen LogP contribution < -0.4 is 0 Å². The number of ether oxygens (including phenoxy) is 1. The third kappa shape index (κ3) is 2.32. The summed E-state index contributed by atoms with van der Waals surface area (Å²) in [5.74, 6) is 0. The Bertz CT molecular complexity index is 162. The highest BCUT2D eigenvalue weighted by Crippen LogP contribution is 2.38. The molecule has 0 aromatic heterocycles. The zero-order chi connectivity index (χ0) is 10.2. The molecule has 0 amide bonds. The Morgan fingerprint density at radius 3 is 1.31 bits per heavy atom. The number of halogens is 5. The number of methoxy groups -OCH3 is 1. The first kappa shape index (κ1) is 12.5. The molecule has 0 aromatic carbocycles. The lowest BCUT2D eigenvalue weighted by atomic mass is 9.95. The zero-order valence-electron chi connectivity index (χ0n) is 6.76. The van der Waals surface area contributed by atoms with Crippen molar-refractivity contribution in [2.24, 2.45) is 0 Å². The Balaban J connectivity index is 2.79. The fourth-order valence-corrected chi connectivity index (χ4v) is 3.37. The van der Waals surface area contributed by atoms with Gasteiger partial charge in [0, 0.05) is 7.11 Å². The lowest BCUT2D eigenvalue weighted by molar-refractivity contribution is 0.0812. The molecule has 1 rings (SSSR count). The number of rotatable bonds is 1. The maximum absolute atomic E-state index is 6.00. The van der Waals surface area contributed by atoms with Crippen LogP contribution >= 0.6 is 58.0 Å². The highest BCUT2D eigenvalue weighted by molar-refractivity contribution is 6.41. The van der Waals surface area contributed by atoms with Crippen molar-refractivity contribution in [2.45, 2.75) is 33.0 Å². The van der Waals surface area contributed by atoms with Crippen LogP contribution in [0.15, 0.2) is 0 Å². The van der Waals surface area contributed by atoms with Crippen molar-refractivity contribution >= 4 is 58.0 Å². The Kier molecular flexibility index (Phi) is 4.76. The van der Waals surface area contributed by atoms with E-state index in [2.05, 4.69) is 0 Å². The van der Waals surface area contributed by atoms with Crippen LogP contribution in [0.1, 0.15) is 0 Å². The first-order valence-corrected chi connectivity index (χ1v) is 5.92. The van der Waals surface area contributed by atoms with Gasteiger partial charge in [0.1, 0.15) is 0 Å². The number of hydrogen-bond acceptors (Lipinski definition) is 1. The number of alkyl halides is 5. The van der Waals surface area contributed by atoms with E-state index >= 15 is 0 Å². The van der Waals surface area contributed by atoms with Gasteiger partial charge in [-0.2, -0.15) is 0 Å². The summed E-state index contributed by atoms with van der Waals surface area (Å²) in [5, 5.41) is -2.10. The van der Waals surface area contributed by atoms with Gasteiger partial charge in [-0.25, -0.2) is 0 Å². The molecule has 1 fully saturated rings. The predicted octanol–water partition coefficient (Wildman–Crippen LogP) is 3.05. The summed E-state index contributed by atoms with van der Waals surface area (Å²) in [6.07, 6.45) is -0.358. The highest BCUT2D eigenvalue weighted by Gasteiger charge is 2.47. The zero-order valence-corrected chi connectivity index (χ0v) is 10.5. The Morgan fingerprint density at radius 2 is 1.00 bits per heavy atom. The Morgan fingerprint density at radius 1 is 0.692 bits per heavy atom. The summed E-state index contributed by atoms with van der Waals surface area (Å²) in [7, 11) is 1.53. The average molecular weight is 286 g/mol. The van der Waals surface area contributed by atoms with Crippen LogP contribution in [0.3, 0.4) is 0 Å². The van der Waals surface area contributed by atoms with Crippen LogP contribution in [0.2, 0.25) is 0 Å². The molecule has 0 bridgehead atoms. The molecule has 0 spiro atoms. The molecule has 0 unspecified atom stereocenters. The predicted molar refractivity (Wildman–Crippen MR) is 59.0 cm³/mol. The summed E-state index contributed by atoms with van der Waals surface area (Å²) in [5.41, 5.74) is 0. The molecule has 0 aliphatic heterocycles. The molecule has 78 valence electrons. The second-order valence-corrected chi connectivity index (χ2v) is 5.44. The van der Waals surface area contributed by atoms with Crippen molar-refractivity contribution in [3.63, 3.8) is 0 Å². The second kappa shape index (κ2) is 4.96. The van der Waals surface area contributed by atoms with E-state index in [0.29, 0.717) is 0 Å². The maximum atomic E-state index is 6.00. The second-order valence-electron chi connectivity index (χ2n) is 2.92. The molecular weight excluding hydrogens is 277 g/mol. The van der Waals surface area contributed by atoms with Gasteiger partial charge in [-0.1, -0.05) is 0 Å². The fraction of sp³-hybridized carbons (Fsp3) is 1.00. The SMILES string of the molecule is COC1[C@H](Cl)[C@@H](Cl)C(Cl)[C@H](Cl)[C@H]1Cl. The van der Waals surface area contributed by atoms with E-state index < -0.39 is 26.9 Å². The first-order chi connectivity index (χ1) is 6.00. The summed E-state index contributed by atoms with van der Waals surface area (Å²) in [6.45, 7) is 0. The van der Waals surface area contributed by atoms with Gasteiger partial charge >= 0.3 is 0 Å². The van der Waals surface area contributed by atoms with Gasteiger partial charge in [0.05, 0.1) is 33.0 Å². The minimum absolute atomic E-state index is 0.358. The molecule has 1 saturated carbocycles. The van der Waals surface area contributed by atoms with E-state index in [1.54, 1.807) is 0 Å². The molecule has 1 aliphatic rings. The van der Waals surface area contributed by atoms with Crippen molar-refractivity contribution < 1.29 is 4.74 Å². The van der Waals surface area contributed by atoms with Crippen LogP contribution in [-0.2, 0) is 4.74 Å². The molecule has 6 heteroatoms. The molecule has 4 atom stereocenters. The maximum Gasteiger partial charge on any atom is 0.0927 e. The van der Waals surface area contributed by atoms with Crippen molar-refractivity contribution in [3.05, 3.63) is 0 Å². The Labute approximate surface area is 103 Å². The summed E-state index contributed by atoms with van der Waals surface area (Å²) >= 11 is 29.9. The largest absolute Gasteiger partial charge is 0.378 e. The molecule has 0 radical (unpaired) electrons. The minimum atomic E-state index is -0.431. The highest BCUT2D eigenvalue weighted by atomic mass is 35.5. The lowest BCUT2D eigenvalue weighted by Gasteiger charge is -2.39. The monoisotopic (exact) mass is 284 g/mol.